The van der Waals surface area contributed by atoms with E-state index in [-0.39, 0.29) is 5.69 Å². The van der Waals surface area contributed by atoms with Gasteiger partial charge in [-0.3, -0.25) is 14.7 Å². The van der Waals surface area contributed by atoms with Crippen molar-refractivity contribution in [2.75, 3.05) is 7.11 Å². The second-order valence-electron chi connectivity index (χ2n) is 4.90. The fourth-order valence-electron chi connectivity index (χ4n) is 2.12. The second kappa shape index (κ2) is 7.14. The van der Waals surface area contributed by atoms with Crippen LogP contribution in [-0.2, 0) is 5.75 Å². The van der Waals surface area contributed by atoms with E-state index < -0.39 is 4.92 Å². The Balaban J connectivity index is 1.74. The van der Waals surface area contributed by atoms with Crippen molar-refractivity contribution in [1.29, 1.82) is 0 Å². The summed E-state index contributed by atoms with van der Waals surface area (Å²) < 4.78 is 7.11. The summed E-state index contributed by atoms with van der Waals surface area (Å²) in [6.45, 7) is 0. The van der Waals surface area contributed by atoms with Crippen LogP contribution >= 0.6 is 11.8 Å². The van der Waals surface area contributed by atoms with E-state index in [9.17, 15) is 10.1 Å². The molecule has 0 saturated carbocycles. The highest BCUT2D eigenvalue weighted by Crippen LogP contribution is 2.25. The summed E-state index contributed by atoms with van der Waals surface area (Å²) in [5.41, 5.74) is 1.97. The van der Waals surface area contributed by atoms with Crippen LogP contribution in [0.25, 0.3) is 5.69 Å². The first-order valence-corrected chi connectivity index (χ1v) is 8.06. The number of benzene rings is 2. The molecule has 24 heavy (non-hydrogen) atoms. The molecular formula is C16H14N4O3S. The largest absolute Gasteiger partial charge is 0.497 e. The fraction of sp³-hybridized carbons (Fsp3) is 0.125. The molecule has 0 unspecified atom stereocenters. The molecule has 0 fully saturated rings. The molecule has 0 spiro atoms. The molecule has 122 valence electrons. The lowest BCUT2D eigenvalue weighted by atomic mass is 10.2. The van der Waals surface area contributed by atoms with Crippen LogP contribution in [0.3, 0.4) is 0 Å². The Kier molecular flexibility index (Phi) is 4.76. The zero-order valence-corrected chi connectivity index (χ0v) is 13.6. The summed E-state index contributed by atoms with van der Waals surface area (Å²) in [5.74, 6) is 1.40. The van der Waals surface area contributed by atoms with E-state index in [4.69, 9.17) is 4.74 Å². The van der Waals surface area contributed by atoms with E-state index in [1.165, 1.54) is 23.9 Å². The topological polar surface area (TPSA) is 83.1 Å². The van der Waals surface area contributed by atoms with Gasteiger partial charge >= 0.3 is 0 Å². The molecule has 1 heterocycles. The van der Waals surface area contributed by atoms with Crippen LogP contribution in [0.1, 0.15) is 5.56 Å². The van der Waals surface area contributed by atoms with Crippen LogP contribution in [-0.4, -0.2) is 26.8 Å². The van der Waals surface area contributed by atoms with Crippen molar-refractivity contribution in [2.45, 2.75) is 10.9 Å². The maximum absolute atomic E-state index is 10.7. The first-order chi connectivity index (χ1) is 11.7. The molecule has 2 aromatic carbocycles. The molecule has 0 N–H and O–H groups in total. The number of nitro benzene ring substituents is 1. The summed E-state index contributed by atoms with van der Waals surface area (Å²) in [7, 11) is 1.62. The zero-order valence-electron chi connectivity index (χ0n) is 12.8. The van der Waals surface area contributed by atoms with Crippen molar-refractivity contribution >= 4 is 17.4 Å². The number of aromatic nitrogens is 3. The van der Waals surface area contributed by atoms with Crippen LogP contribution in [0.15, 0.2) is 60.0 Å². The molecule has 0 amide bonds. The van der Waals surface area contributed by atoms with E-state index in [0.717, 1.165) is 22.2 Å². The van der Waals surface area contributed by atoms with Crippen LogP contribution in [0, 0.1) is 10.1 Å². The van der Waals surface area contributed by atoms with Gasteiger partial charge in [-0.25, -0.2) is 0 Å². The number of nitrogens with zero attached hydrogens (tertiary/aromatic N) is 4. The van der Waals surface area contributed by atoms with Crippen LogP contribution in [0.4, 0.5) is 5.69 Å². The molecule has 7 nitrogen and oxygen atoms in total. The van der Waals surface area contributed by atoms with E-state index in [1.807, 2.05) is 28.8 Å². The summed E-state index contributed by atoms with van der Waals surface area (Å²) in [4.78, 5) is 10.3. The molecule has 0 atom stereocenters. The van der Waals surface area contributed by atoms with E-state index in [2.05, 4.69) is 10.2 Å². The minimum Gasteiger partial charge on any atom is -0.497 e. The van der Waals surface area contributed by atoms with Gasteiger partial charge in [0.05, 0.1) is 17.7 Å². The van der Waals surface area contributed by atoms with Gasteiger partial charge in [0.1, 0.15) is 12.1 Å². The SMILES string of the molecule is COc1cccc(-n2cnnc2SCc2ccc([N+](=O)[O-])cc2)c1. The number of hydrogen-bond acceptors (Lipinski definition) is 6. The maximum atomic E-state index is 10.7. The Morgan fingerprint density at radius 2 is 2.04 bits per heavy atom. The van der Waals surface area contributed by atoms with E-state index >= 15 is 0 Å². The van der Waals surface area contributed by atoms with Crippen molar-refractivity contribution in [1.82, 2.24) is 14.8 Å². The quantitative estimate of drug-likeness (QED) is 0.387. The number of non-ortho nitro benzene ring substituents is 1. The second-order valence-corrected chi connectivity index (χ2v) is 5.84. The summed E-state index contributed by atoms with van der Waals surface area (Å²) in [6, 6.07) is 14.1. The van der Waals surface area contributed by atoms with Crippen molar-refractivity contribution in [3.05, 3.63) is 70.5 Å². The molecule has 3 rings (SSSR count). The minimum atomic E-state index is -0.406. The van der Waals surface area contributed by atoms with E-state index in [1.54, 1.807) is 25.6 Å². The highest BCUT2D eigenvalue weighted by Gasteiger charge is 2.09. The third-order valence-corrected chi connectivity index (χ3v) is 4.38. The molecular weight excluding hydrogens is 328 g/mol. The average Bonchev–Trinajstić information content (AvgIpc) is 3.09. The highest BCUT2D eigenvalue weighted by atomic mass is 32.2. The number of thioether (sulfide) groups is 1. The van der Waals surface area contributed by atoms with Gasteiger partial charge in [-0.1, -0.05) is 30.0 Å². The third-order valence-electron chi connectivity index (χ3n) is 3.36. The highest BCUT2D eigenvalue weighted by molar-refractivity contribution is 7.98. The van der Waals surface area contributed by atoms with Crippen molar-refractivity contribution in [2.24, 2.45) is 0 Å². The van der Waals surface area contributed by atoms with Crippen LogP contribution < -0.4 is 4.74 Å². The number of nitro groups is 1. The Bertz CT molecular complexity index is 849. The molecule has 0 aliphatic heterocycles. The predicted molar refractivity (Wildman–Crippen MR) is 90.6 cm³/mol. The Labute approximate surface area is 142 Å². The fourth-order valence-corrected chi connectivity index (χ4v) is 3.01. The predicted octanol–water partition coefficient (Wildman–Crippen LogP) is 3.48. The average molecular weight is 342 g/mol. The van der Waals surface area contributed by atoms with Crippen LogP contribution in [0.2, 0.25) is 0 Å². The van der Waals surface area contributed by atoms with E-state index in [0.29, 0.717) is 5.75 Å². The lowest BCUT2D eigenvalue weighted by Crippen LogP contribution is -1.96. The van der Waals surface area contributed by atoms with Gasteiger partial charge in [-0.2, -0.15) is 0 Å². The number of ether oxygens (including phenoxy) is 1. The molecule has 1 aromatic heterocycles. The monoisotopic (exact) mass is 342 g/mol. The first-order valence-electron chi connectivity index (χ1n) is 7.08. The summed E-state index contributed by atoms with van der Waals surface area (Å²) >= 11 is 1.51. The van der Waals surface area contributed by atoms with Gasteiger partial charge in [-0.15, -0.1) is 10.2 Å². The lowest BCUT2D eigenvalue weighted by molar-refractivity contribution is -0.384. The number of hydrogen-bond donors (Lipinski definition) is 0. The molecule has 0 aliphatic rings. The van der Waals surface area contributed by atoms with Gasteiger partial charge in [0.2, 0.25) is 0 Å². The molecule has 0 radical (unpaired) electrons. The number of methoxy groups -OCH3 is 1. The molecule has 3 aromatic rings. The molecule has 8 heteroatoms. The van der Waals surface area contributed by atoms with Crippen LogP contribution in [0.5, 0.6) is 5.75 Å². The molecule has 0 bridgehead atoms. The van der Waals surface area contributed by atoms with Gasteiger partial charge < -0.3 is 4.74 Å². The Morgan fingerprint density at radius 1 is 1.25 bits per heavy atom. The summed E-state index contributed by atoms with van der Waals surface area (Å²) in [6.07, 6.45) is 1.65. The van der Waals surface area contributed by atoms with Crippen molar-refractivity contribution < 1.29 is 9.66 Å². The zero-order chi connectivity index (χ0) is 16.9. The standard InChI is InChI=1S/C16H14N4O3S/c1-23-15-4-2-3-14(9-15)19-11-17-18-16(19)24-10-12-5-7-13(8-6-12)20(21)22/h2-9,11H,10H2,1H3. The summed E-state index contributed by atoms with van der Waals surface area (Å²) in [5, 5.41) is 19.5. The third kappa shape index (κ3) is 3.54. The molecule has 0 aliphatic carbocycles. The lowest BCUT2D eigenvalue weighted by Gasteiger charge is -2.08. The maximum Gasteiger partial charge on any atom is 0.269 e. The Hall–Kier alpha value is -2.87. The van der Waals surface area contributed by atoms with Gasteiger partial charge in [0.25, 0.3) is 5.69 Å². The smallest absolute Gasteiger partial charge is 0.269 e. The first kappa shape index (κ1) is 16.0. The van der Waals surface area contributed by atoms with Gasteiger partial charge in [0.15, 0.2) is 5.16 Å². The Morgan fingerprint density at radius 3 is 2.75 bits per heavy atom. The number of rotatable bonds is 6. The minimum absolute atomic E-state index is 0.0864. The van der Waals surface area contributed by atoms with Gasteiger partial charge in [0, 0.05) is 24.0 Å². The normalized spacial score (nSPS) is 10.5. The van der Waals surface area contributed by atoms with Gasteiger partial charge in [-0.05, 0) is 17.7 Å². The van der Waals surface area contributed by atoms with Crippen molar-refractivity contribution in [3.8, 4) is 11.4 Å². The van der Waals surface area contributed by atoms with Crippen molar-refractivity contribution in [3.63, 3.8) is 0 Å². The molecule has 0 saturated heterocycles.